The van der Waals surface area contributed by atoms with Crippen molar-refractivity contribution in [3.8, 4) is 0 Å². The predicted octanol–water partition coefficient (Wildman–Crippen LogP) is 1.46. The van der Waals surface area contributed by atoms with E-state index in [0.29, 0.717) is 25.2 Å². The summed E-state index contributed by atoms with van der Waals surface area (Å²) in [6.45, 7) is 1.60. The van der Waals surface area contributed by atoms with Gasteiger partial charge in [0.05, 0.1) is 18.1 Å². The molecule has 24 heavy (non-hydrogen) atoms. The van der Waals surface area contributed by atoms with Crippen LogP contribution < -0.4 is 5.56 Å². The van der Waals surface area contributed by atoms with Crippen LogP contribution >= 0.6 is 0 Å². The first-order valence-corrected chi connectivity index (χ1v) is 7.67. The number of hydrogen-bond donors (Lipinski definition) is 1. The van der Waals surface area contributed by atoms with Crippen LogP contribution in [0.3, 0.4) is 0 Å². The van der Waals surface area contributed by atoms with E-state index in [0.717, 1.165) is 18.9 Å². The molecule has 1 fully saturated rings. The number of nitrogens with zero attached hydrogens (tertiary/aromatic N) is 4. The molecule has 128 valence electrons. The third-order valence-corrected chi connectivity index (χ3v) is 4.23. The van der Waals surface area contributed by atoms with Crippen molar-refractivity contribution in [3.05, 3.63) is 46.4 Å². The van der Waals surface area contributed by atoms with Gasteiger partial charge in [-0.2, -0.15) is 5.10 Å². The first-order valence-electron chi connectivity index (χ1n) is 7.67. The molecule has 0 unspecified atom stereocenters. The van der Waals surface area contributed by atoms with Crippen LogP contribution in [-0.2, 0) is 6.54 Å². The Balaban J connectivity index is 1.58. The molecule has 1 aliphatic rings. The summed E-state index contributed by atoms with van der Waals surface area (Å²) < 4.78 is 26.4. The first kappa shape index (κ1) is 16.3. The van der Waals surface area contributed by atoms with Crippen molar-refractivity contribution in [3.63, 3.8) is 0 Å². The van der Waals surface area contributed by atoms with Crippen molar-refractivity contribution in [2.75, 3.05) is 13.1 Å². The number of hydrogen-bond acceptors (Lipinski definition) is 4. The molecule has 1 amide bonds. The molecular weight excluding hydrogens is 320 g/mol. The lowest BCUT2D eigenvalue weighted by Crippen LogP contribution is -2.40. The maximum Gasteiger partial charge on any atom is 0.280 e. The number of aromatic amines is 1. The van der Waals surface area contributed by atoms with Crippen molar-refractivity contribution in [2.24, 2.45) is 5.92 Å². The third-order valence-electron chi connectivity index (χ3n) is 4.23. The second kappa shape index (κ2) is 6.90. The summed E-state index contributed by atoms with van der Waals surface area (Å²) in [5.74, 6) is 0.137. The number of rotatable bonds is 4. The Hall–Kier alpha value is -2.58. The maximum absolute atomic E-state index is 12.5. The Morgan fingerprint density at radius 3 is 2.71 bits per heavy atom. The van der Waals surface area contributed by atoms with Crippen molar-refractivity contribution in [1.29, 1.82) is 0 Å². The zero-order chi connectivity index (χ0) is 17.1. The van der Waals surface area contributed by atoms with Crippen molar-refractivity contribution in [2.45, 2.75) is 25.8 Å². The van der Waals surface area contributed by atoms with E-state index in [2.05, 4.69) is 15.2 Å². The van der Waals surface area contributed by atoms with Gasteiger partial charge in [-0.3, -0.25) is 19.3 Å². The number of aromatic nitrogens is 4. The number of halogens is 2. The summed E-state index contributed by atoms with van der Waals surface area (Å²) in [5, 5.41) is 6.38. The van der Waals surface area contributed by atoms with Crippen LogP contribution in [0.4, 0.5) is 8.78 Å². The zero-order valence-electron chi connectivity index (χ0n) is 12.9. The molecule has 0 radical (unpaired) electrons. The van der Waals surface area contributed by atoms with Gasteiger partial charge < -0.3 is 4.90 Å². The van der Waals surface area contributed by atoms with Gasteiger partial charge in [-0.15, -0.1) is 0 Å². The number of piperidine rings is 1. The Kier molecular flexibility index (Phi) is 4.68. The molecule has 7 nitrogen and oxygen atoms in total. The normalized spacial score (nSPS) is 15.9. The SMILES string of the molecule is O=C(c1cn[nH]c1)N1CCC(Cn2cnc(C(F)F)cc2=O)CC1. The van der Waals surface area contributed by atoms with Crippen LogP contribution in [0.25, 0.3) is 0 Å². The monoisotopic (exact) mass is 337 g/mol. The van der Waals surface area contributed by atoms with Crippen LogP contribution in [0.2, 0.25) is 0 Å². The Labute approximate surface area is 136 Å². The van der Waals surface area contributed by atoms with Gasteiger partial charge in [0, 0.05) is 31.9 Å². The molecule has 0 saturated carbocycles. The molecule has 0 bridgehead atoms. The summed E-state index contributed by atoms with van der Waals surface area (Å²) >= 11 is 0. The predicted molar refractivity (Wildman–Crippen MR) is 80.7 cm³/mol. The van der Waals surface area contributed by atoms with E-state index in [-0.39, 0.29) is 11.8 Å². The third kappa shape index (κ3) is 3.50. The molecule has 3 heterocycles. The van der Waals surface area contributed by atoms with E-state index < -0.39 is 17.7 Å². The first-order chi connectivity index (χ1) is 11.5. The van der Waals surface area contributed by atoms with Gasteiger partial charge >= 0.3 is 0 Å². The van der Waals surface area contributed by atoms with Crippen molar-refractivity contribution < 1.29 is 13.6 Å². The summed E-state index contributed by atoms with van der Waals surface area (Å²) in [6.07, 6.45) is 2.96. The standard InChI is InChI=1S/C15H17F2N5O2/c16-14(17)12-5-13(23)22(9-18-12)8-10-1-3-21(4-2-10)15(24)11-6-19-20-7-11/h5-7,9-10,14H,1-4,8H2,(H,19,20). The molecule has 0 spiro atoms. The Bertz CT molecular complexity index is 751. The topological polar surface area (TPSA) is 83.9 Å². The molecule has 0 atom stereocenters. The minimum atomic E-state index is -2.75. The molecule has 2 aromatic rings. The number of likely N-dealkylation sites (tertiary alicyclic amines) is 1. The smallest absolute Gasteiger partial charge is 0.280 e. The average Bonchev–Trinajstić information content (AvgIpc) is 3.11. The quantitative estimate of drug-likeness (QED) is 0.915. The van der Waals surface area contributed by atoms with E-state index in [1.54, 1.807) is 11.1 Å². The Morgan fingerprint density at radius 1 is 1.38 bits per heavy atom. The van der Waals surface area contributed by atoms with E-state index in [1.807, 2.05) is 0 Å². The van der Waals surface area contributed by atoms with E-state index >= 15 is 0 Å². The molecule has 9 heteroatoms. The molecule has 1 saturated heterocycles. The second-order valence-electron chi connectivity index (χ2n) is 5.83. The highest BCUT2D eigenvalue weighted by Crippen LogP contribution is 2.20. The van der Waals surface area contributed by atoms with Crippen LogP contribution in [-0.4, -0.2) is 43.6 Å². The van der Waals surface area contributed by atoms with Crippen LogP contribution in [0.15, 0.2) is 29.6 Å². The van der Waals surface area contributed by atoms with Gasteiger partial charge in [-0.25, -0.2) is 13.8 Å². The van der Waals surface area contributed by atoms with Gasteiger partial charge in [-0.05, 0) is 18.8 Å². The number of amides is 1. The summed E-state index contributed by atoms with van der Waals surface area (Å²) in [6, 6.07) is 0.877. The number of nitrogens with one attached hydrogen (secondary N) is 1. The fourth-order valence-corrected chi connectivity index (χ4v) is 2.84. The van der Waals surface area contributed by atoms with Crippen molar-refractivity contribution in [1.82, 2.24) is 24.6 Å². The molecule has 3 rings (SSSR count). The molecule has 1 aliphatic heterocycles. The molecule has 0 aromatic carbocycles. The van der Waals surface area contributed by atoms with E-state index in [1.165, 1.54) is 17.1 Å². The van der Waals surface area contributed by atoms with Gasteiger partial charge in [0.25, 0.3) is 17.9 Å². The highest BCUT2D eigenvalue weighted by atomic mass is 19.3. The van der Waals surface area contributed by atoms with Gasteiger partial charge in [-0.1, -0.05) is 0 Å². The lowest BCUT2D eigenvalue weighted by atomic mass is 9.96. The second-order valence-corrected chi connectivity index (χ2v) is 5.83. The van der Waals surface area contributed by atoms with Crippen molar-refractivity contribution >= 4 is 5.91 Å². The number of alkyl halides is 2. The largest absolute Gasteiger partial charge is 0.339 e. The number of carbonyl (C=O) groups excluding carboxylic acids is 1. The fraction of sp³-hybridized carbons (Fsp3) is 0.467. The van der Waals surface area contributed by atoms with Crippen LogP contribution in [0, 0.1) is 5.92 Å². The minimum Gasteiger partial charge on any atom is -0.339 e. The lowest BCUT2D eigenvalue weighted by Gasteiger charge is -2.32. The lowest BCUT2D eigenvalue weighted by molar-refractivity contribution is 0.0682. The number of H-pyrrole nitrogens is 1. The summed E-state index contributed by atoms with van der Waals surface area (Å²) in [4.78, 5) is 29.4. The van der Waals surface area contributed by atoms with Gasteiger partial charge in [0.15, 0.2) is 0 Å². The van der Waals surface area contributed by atoms with Crippen LogP contribution in [0.1, 0.15) is 35.3 Å². The minimum absolute atomic E-state index is 0.0673. The highest BCUT2D eigenvalue weighted by molar-refractivity contribution is 5.93. The average molecular weight is 337 g/mol. The zero-order valence-corrected chi connectivity index (χ0v) is 12.9. The highest BCUT2D eigenvalue weighted by Gasteiger charge is 2.24. The van der Waals surface area contributed by atoms with Gasteiger partial charge in [0.2, 0.25) is 0 Å². The van der Waals surface area contributed by atoms with E-state index in [9.17, 15) is 18.4 Å². The summed E-state index contributed by atoms with van der Waals surface area (Å²) in [7, 11) is 0. The van der Waals surface area contributed by atoms with Gasteiger partial charge in [0.1, 0.15) is 5.69 Å². The summed E-state index contributed by atoms with van der Waals surface area (Å²) in [5.41, 5.74) is -0.453. The number of carbonyl (C=O) groups is 1. The van der Waals surface area contributed by atoms with E-state index in [4.69, 9.17) is 0 Å². The Morgan fingerprint density at radius 2 is 2.12 bits per heavy atom. The molecule has 2 aromatic heterocycles. The molecular formula is C15H17F2N5O2. The fourth-order valence-electron chi connectivity index (χ4n) is 2.84. The molecule has 0 aliphatic carbocycles. The van der Waals surface area contributed by atoms with Crippen LogP contribution in [0.5, 0.6) is 0 Å². The maximum atomic E-state index is 12.5. The molecule has 1 N–H and O–H groups in total.